The van der Waals surface area contributed by atoms with E-state index in [1.807, 2.05) is 13.8 Å². The van der Waals surface area contributed by atoms with Gasteiger partial charge in [0.2, 0.25) is 0 Å². The molecule has 0 N–H and O–H groups in total. The van der Waals surface area contributed by atoms with Crippen LogP contribution in [-0.4, -0.2) is 38.3 Å². The van der Waals surface area contributed by atoms with Crippen molar-refractivity contribution in [3.05, 3.63) is 0 Å². The van der Waals surface area contributed by atoms with Gasteiger partial charge in [-0.25, -0.2) is 0 Å². The highest BCUT2D eigenvalue weighted by atomic mass is 16.5. The van der Waals surface area contributed by atoms with Crippen molar-refractivity contribution in [1.82, 2.24) is 4.90 Å². The lowest BCUT2D eigenvalue weighted by molar-refractivity contribution is -0.0150. The van der Waals surface area contributed by atoms with Crippen molar-refractivity contribution in [2.45, 2.75) is 38.6 Å². The molecule has 1 aliphatic carbocycles. The van der Waals surface area contributed by atoms with Crippen molar-refractivity contribution in [2.75, 3.05) is 27.8 Å². The van der Waals surface area contributed by atoms with Crippen LogP contribution in [-0.2, 0) is 4.74 Å². The van der Waals surface area contributed by atoms with E-state index in [-0.39, 0.29) is 0 Å². The topological polar surface area (TPSA) is 12.5 Å². The van der Waals surface area contributed by atoms with Gasteiger partial charge in [-0.3, -0.25) is 0 Å². The third kappa shape index (κ3) is 2.46. The largest absolute Gasteiger partial charge is 0.383 e. The Labute approximate surface area is 76.9 Å². The van der Waals surface area contributed by atoms with Crippen molar-refractivity contribution < 1.29 is 4.74 Å². The maximum atomic E-state index is 5.17. The van der Waals surface area contributed by atoms with Gasteiger partial charge < -0.3 is 9.64 Å². The van der Waals surface area contributed by atoms with Gasteiger partial charge in [0.1, 0.15) is 0 Å². The molecule has 12 heavy (non-hydrogen) atoms. The molecule has 74 valence electrons. The van der Waals surface area contributed by atoms with Crippen LogP contribution < -0.4 is 0 Å². The molecular formula is C10H23NO. The van der Waals surface area contributed by atoms with Gasteiger partial charge in [0.25, 0.3) is 0 Å². The molecule has 0 heterocycles. The molecule has 1 fully saturated rings. The Bertz CT molecular complexity index is 108. The second-order valence-electron chi connectivity index (χ2n) is 3.41. The standard InChI is InChI=1S/C8H17NO.C2H6/c1-9(2)8(7-10-3)5-4-6-8;1-2/h4-7H2,1-3H3;1-2H3. The van der Waals surface area contributed by atoms with Crippen LogP contribution in [0.2, 0.25) is 0 Å². The number of hydrogen-bond acceptors (Lipinski definition) is 2. The van der Waals surface area contributed by atoms with Crippen molar-refractivity contribution in [3.63, 3.8) is 0 Å². The summed E-state index contributed by atoms with van der Waals surface area (Å²) in [4.78, 5) is 2.29. The van der Waals surface area contributed by atoms with Crippen molar-refractivity contribution in [3.8, 4) is 0 Å². The predicted octanol–water partition coefficient (Wildman–Crippen LogP) is 2.14. The number of nitrogens with zero attached hydrogens (tertiary/aromatic N) is 1. The summed E-state index contributed by atoms with van der Waals surface area (Å²) in [5.41, 5.74) is 0.384. The van der Waals surface area contributed by atoms with Gasteiger partial charge in [-0.05, 0) is 33.4 Å². The first-order chi connectivity index (χ1) is 5.71. The summed E-state index contributed by atoms with van der Waals surface area (Å²) >= 11 is 0. The van der Waals surface area contributed by atoms with Gasteiger partial charge in [0, 0.05) is 12.6 Å². The summed E-state index contributed by atoms with van der Waals surface area (Å²) in [5, 5.41) is 0. The molecule has 0 aromatic rings. The number of hydrogen-bond donors (Lipinski definition) is 0. The first-order valence-corrected chi connectivity index (χ1v) is 4.88. The Hall–Kier alpha value is -0.0800. The van der Waals surface area contributed by atoms with Gasteiger partial charge >= 0.3 is 0 Å². The minimum absolute atomic E-state index is 0.384. The van der Waals surface area contributed by atoms with E-state index in [2.05, 4.69) is 19.0 Å². The van der Waals surface area contributed by atoms with Gasteiger partial charge in [0.15, 0.2) is 0 Å². The summed E-state index contributed by atoms with van der Waals surface area (Å²) in [6, 6.07) is 0. The van der Waals surface area contributed by atoms with Gasteiger partial charge in [-0.2, -0.15) is 0 Å². The summed E-state index contributed by atoms with van der Waals surface area (Å²) in [7, 11) is 6.06. The highest BCUT2D eigenvalue weighted by molar-refractivity contribution is 4.95. The Balaban J connectivity index is 0.000000561. The zero-order chi connectivity index (χ0) is 9.61. The van der Waals surface area contributed by atoms with Gasteiger partial charge in [0.05, 0.1) is 6.61 Å². The lowest BCUT2D eigenvalue weighted by Crippen LogP contribution is -2.53. The molecule has 0 aliphatic heterocycles. The number of methoxy groups -OCH3 is 1. The minimum atomic E-state index is 0.384. The van der Waals surface area contributed by atoms with E-state index in [0.717, 1.165) is 6.61 Å². The van der Waals surface area contributed by atoms with Crippen molar-refractivity contribution in [1.29, 1.82) is 0 Å². The van der Waals surface area contributed by atoms with E-state index < -0.39 is 0 Å². The number of ether oxygens (including phenoxy) is 1. The van der Waals surface area contributed by atoms with E-state index >= 15 is 0 Å². The first-order valence-electron chi connectivity index (χ1n) is 4.88. The zero-order valence-electron chi connectivity index (χ0n) is 9.18. The maximum Gasteiger partial charge on any atom is 0.0646 e. The van der Waals surface area contributed by atoms with Crippen LogP contribution in [0.1, 0.15) is 33.1 Å². The molecule has 0 saturated heterocycles. The van der Waals surface area contributed by atoms with E-state index in [1.165, 1.54) is 19.3 Å². The Morgan fingerprint density at radius 3 is 1.83 bits per heavy atom. The molecule has 0 spiro atoms. The molecule has 0 bridgehead atoms. The average Bonchev–Trinajstić information content (AvgIpc) is 2.00. The van der Waals surface area contributed by atoms with Crippen LogP contribution in [0.25, 0.3) is 0 Å². The molecule has 1 saturated carbocycles. The molecular weight excluding hydrogens is 150 g/mol. The van der Waals surface area contributed by atoms with Crippen LogP contribution in [0, 0.1) is 0 Å². The van der Waals surface area contributed by atoms with Crippen LogP contribution in [0.4, 0.5) is 0 Å². The summed E-state index contributed by atoms with van der Waals surface area (Å²) in [6.07, 6.45) is 3.96. The molecule has 0 aromatic heterocycles. The lowest BCUT2D eigenvalue weighted by Gasteiger charge is -2.46. The van der Waals surface area contributed by atoms with Crippen LogP contribution >= 0.6 is 0 Å². The highest BCUT2D eigenvalue weighted by Crippen LogP contribution is 2.35. The fourth-order valence-electron chi connectivity index (χ4n) is 1.57. The zero-order valence-corrected chi connectivity index (χ0v) is 9.18. The van der Waals surface area contributed by atoms with Gasteiger partial charge in [-0.1, -0.05) is 13.8 Å². The quantitative estimate of drug-likeness (QED) is 0.648. The molecule has 0 amide bonds. The molecule has 0 radical (unpaired) electrons. The molecule has 2 heteroatoms. The molecule has 1 rings (SSSR count). The molecule has 1 aliphatic rings. The third-order valence-corrected chi connectivity index (χ3v) is 2.65. The van der Waals surface area contributed by atoms with Gasteiger partial charge in [-0.15, -0.1) is 0 Å². The second kappa shape index (κ2) is 5.55. The second-order valence-corrected chi connectivity index (χ2v) is 3.41. The summed E-state index contributed by atoms with van der Waals surface area (Å²) in [6.45, 7) is 4.89. The summed E-state index contributed by atoms with van der Waals surface area (Å²) < 4.78 is 5.17. The van der Waals surface area contributed by atoms with Crippen molar-refractivity contribution >= 4 is 0 Å². The molecule has 0 unspecified atom stereocenters. The van der Waals surface area contributed by atoms with Crippen LogP contribution in [0.3, 0.4) is 0 Å². The maximum absolute atomic E-state index is 5.17. The highest BCUT2D eigenvalue weighted by Gasteiger charge is 2.38. The Kier molecular flexibility index (Phi) is 5.51. The van der Waals surface area contributed by atoms with Crippen molar-refractivity contribution in [2.24, 2.45) is 0 Å². The molecule has 0 aromatic carbocycles. The van der Waals surface area contributed by atoms with E-state index in [1.54, 1.807) is 7.11 Å². The fraction of sp³-hybridized carbons (Fsp3) is 1.00. The average molecular weight is 173 g/mol. The monoisotopic (exact) mass is 173 g/mol. The number of likely N-dealkylation sites (N-methyl/N-ethyl adjacent to an activating group) is 1. The van der Waals surface area contributed by atoms with Crippen LogP contribution in [0.15, 0.2) is 0 Å². The molecule has 0 atom stereocenters. The van der Waals surface area contributed by atoms with E-state index in [0.29, 0.717) is 5.54 Å². The minimum Gasteiger partial charge on any atom is -0.383 e. The number of rotatable bonds is 3. The SMILES string of the molecule is CC.COCC1(N(C)C)CCC1. The summed E-state index contributed by atoms with van der Waals surface area (Å²) in [5.74, 6) is 0. The molecule has 2 nitrogen and oxygen atoms in total. The smallest absolute Gasteiger partial charge is 0.0646 e. The predicted molar refractivity (Wildman–Crippen MR) is 53.5 cm³/mol. The Morgan fingerprint density at radius 1 is 1.25 bits per heavy atom. The van der Waals surface area contributed by atoms with Crippen LogP contribution in [0.5, 0.6) is 0 Å². The Morgan fingerprint density at radius 2 is 1.75 bits per heavy atom. The van der Waals surface area contributed by atoms with E-state index in [4.69, 9.17) is 4.74 Å². The fourth-order valence-corrected chi connectivity index (χ4v) is 1.57. The first kappa shape index (κ1) is 11.9. The van der Waals surface area contributed by atoms with E-state index in [9.17, 15) is 0 Å². The normalized spacial score (nSPS) is 19.5. The third-order valence-electron chi connectivity index (χ3n) is 2.65. The lowest BCUT2D eigenvalue weighted by atomic mass is 9.76.